The molecule has 0 saturated carbocycles. The van der Waals surface area contributed by atoms with Crippen LogP contribution >= 0.6 is 0 Å². The maximum atomic E-state index is 13.4. The lowest BCUT2D eigenvalue weighted by atomic mass is 9.77. The zero-order valence-electron chi connectivity index (χ0n) is 11.4. The smallest absolute Gasteiger partial charge is 0.126 e. The van der Waals surface area contributed by atoms with Gasteiger partial charge < -0.3 is 9.84 Å². The first-order valence-electron chi connectivity index (χ1n) is 6.78. The second kappa shape index (κ2) is 4.54. The third kappa shape index (κ3) is 2.18. The average Bonchev–Trinajstić information content (AvgIpc) is 2.35. The van der Waals surface area contributed by atoms with E-state index >= 15 is 0 Å². The Kier molecular flexibility index (Phi) is 3.12. The molecule has 0 spiro atoms. The van der Waals surface area contributed by atoms with Crippen molar-refractivity contribution < 1.29 is 14.2 Å². The minimum atomic E-state index is -0.857. The van der Waals surface area contributed by atoms with Crippen LogP contribution in [0.5, 0.6) is 0 Å². The lowest BCUT2D eigenvalue weighted by Crippen LogP contribution is -2.59. The number of aliphatic hydroxyl groups is 1. The topological polar surface area (TPSA) is 32.7 Å². The quantitative estimate of drug-likeness (QED) is 0.840. The summed E-state index contributed by atoms with van der Waals surface area (Å²) in [5.41, 5.74) is 0.562. The molecule has 0 radical (unpaired) electrons. The Morgan fingerprint density at radius 2 is 1.95 bits per heavy atom. The van der Waals surface area contributed by atoms with Gasteiger partial charge in [-0.25, -0.2) is 4.39 Å². The van der Waals surface area contributed by atoms with E-state index in [-0.39, 0.29) is 17.9 Å². The SMILES string of the molecule is Cc1cc(C2(O)CC3COCC(C2)N3C)ccc1F. The van der Waals surface area contributed by atoms with Gasteiger partial charge >= 0.3 is 0 Å². The molecule has 0 aliphatic carbocycles. The fourth-order valence-electron chi connectivity index (χ4n) is 3.31. The number of piperidine rings is 1. The van der Waals surface area contributed by atoms with Crippen LogP contribution in [0.3, 0.4) is 0 Å². The third-order valence-corrected chi connectivity index (χ3v) is 4.61. The summed E-state index contributed by atoms with van der Waals surface area (Å²) < 4.78 is 18.9. The van der Waals surface area contributed by atoms with Gasteiger partial charge in [-0.05, 0) is 44.0 Å². The molecule has 3 nitrogen and oxygen atoms in total. The van der Waals surface area contributed by atoms with E-state index in [9.17, 15) is 9.50 Å². The molecule has 1 aromatic carbocycles. The Morgan fingerprint density at radius 3 is 2.53 bits per heavy atom. The molecule has 2 unspecified atom stereocenters. The molecule has 2 saturated heterocycles. The predicted molar refractivity (Wildman–Crippen MR) is 70.4 cm³/mol. The minimum Gasteiger partial charge on any atom is -0.385 e. The highest BCUT2D eigenvalue weighted by molar-refractivity contribution is 5.30. The molecule has 2 fully saturated rings. The summed E-state index contributed by atoms with van der Waals surface area (Å²) in [6, 6.07) is 5.42. The van der Waals surface area contributed by atoms with Gasteiger partial charge in [0.05, 0.1) is 18.8 Å². The molecule has 1 N–H and O–H groups in total. The van der Waals surface area contributed by atoms with Gasteiger partial charge in [0, 0.05) is 12.1 Å². The number of hydrogen-bond acceptors (Lipinski definition) is 3. The first-order chi connectivity index (χ1) is 8.99. The van der Waals surface area contributed by atoms with Gasteiger partial charge in [0.15, 0.2) is 0 Å². The Morgan fingerprint density at radius 1 is 1.32 bits per heavy atom. The average molecular weight is 265 g/mol. The van der Waals surface area contributed by atoms with Crippen molar-refractivity contribution in [3.05, 3.63) is 35.1 Å². The van der Waals surface area contributed by atoms with E-state index in [1.54, 1.807) is 19.1 Å². The third-order valence-electron chi connectivity index (χ3n) is 4.61. The Hall–Kier alpha value is -0.970. The number of likely N-dealkylation sites (N-methyl/N-ethyl adjacent to an activating group) is 1. The van der Waals surface area contributed by atoms with Gasteiger partial charge in [0.2, 0.25) is 0 Å². The van der Waals surface area contributed by atoms with Crippen LogP contribution in [0.4, 0.5) is 4.39 Å². The summed E-state index contributed by atoms with van der Waals surface area (Å²) in [6.45, 7) is 3.06. The van der Waals surface area contributed by atoms with Crippen LogP contribution < -0.4 is 0 Å². The number of halogens is 1. The van der Waals surface area contributed by atoms with Gasteiger partial charge in [-0.3, -0.25) is 4.90 Å². The van der Waals surface area contributed by atoms with Crippen LogP contribution in [0, 0.1) is 12.7 Å². The first-order valence-corrected chi connectivity index (χ1v) is 6.78. The highest BCUT2D eigenvalue weighted by Gasteiger charge is 2.45. The fraction of sp³-hybridized carbons (Fsp3) is 0.600. The standard InChI is InChI=1S/C15H20FNO2/c1-10-5-11(3-4-14(10)16)15(18)6-12-8-19-9-13(7-15)17(12)2/h3-5,12-13,18H,6-9H2,1-2H3. The Balaban J connectivity index is 1.92. The second-order valence-corrected chi connectivity index (χ2v) is 5.91. The molecule has 2 aliphatic heterocycles. The monoisotopic (exact) mass is 265 g/mol. The van der Waals surface area contributed by atoms with Gasteiger partial charge in [-0.15, -0.1) is 0 Å². The molecule has 1 aromatic rings. The zero-order valence-corrected chi connectivity index (χ0v) is 11.4. The van der Waals surface area contributed by atoms with E-state index in [1.807, 2.05) is 0 Å². The maximum absolute atomic E-state index is 13.4. The minimum absolute atomic E-state index is 0.219. The van der Waals surface area contributed by atoms with Crippen LogP contribution in [-0.2, 0) is 10.3 Å². The van der Waals surface area contributed by atoms with Crippen LogP contribution in [0.2, 0.25) is 0 Å². The van der Waals surface area contributed by atoms with E-state index in [0.29, 0.717) is 31.6 Å². The lowest BCUT2D eigenvalue weighted by Gasteiger charge is -2.50. The highest BCUT2D eigenvalue weighted by Crippen LogP contribution is 2.40. The maximum Gasteiger partial charge on any atom is 0.126 e. The van der Waals surface area contributed by atoms with E-state index in [0.717, 1.165) is 5.56 Å². The van der Waals surface area contributed by atoms with Crippen molar-refractivity contribution in [2.24, 2.45) is 0 Å². The molecule has 0 amide bonds. The van der Waals surface area contributed by atoms with Crippen LogP contribution in [0.25, 0.3) is 0 Å². The molecular formula is C15H20FNO2. The second-order valence-electron chi connectivity index (χ2n) is 5.91. The van der Waals surface area contributed by atoms with Crippen molar-refractivity contribution in [1.29, 1.82) is 0 Å². The normalized spacial score (nSPS) is 35.4. The number of nitrogens with zero attached hydrogens (tertiary/aromatic N) is 1. The van der Waals surface area contributed by atoms with Crippen LogP contribution in [0.15, 0.2) is 18.2 Å². The molecule has 2 heterocycles. The first kappa shape index (κ1) is 13.0. The van der Waals surface area contributed by atoms with Gasteiger partial charge in [-0.1, -0.05) is 12.1 Å². The van der Waals surface area contributed by atoms with E-state index < -0.39 is 5.60 Å². The summed E-state index contributed by atoms with van der Waals surface area (Å²) in [6.07, 6.45) is 1.29. The van der Waals surface area contributed by atoms with Crippen molar-refractivity contribution >= 4 is 0 Å². The number of benzene rings is 1. The Labute approximate surface area is 113 Å². The van der Waals surface area contributed by atoms with Gasteiger partial charge in [0.25, 0.3) is 0 Å². The zero-order chi connectivity index (χ0) is 13.6. The van der Waals surface area contributed by atoms with Crippen molar-refractivity contribution in [2.75, 3.05) is 20.3 Å². The fourth-order valence-corrected chi connectivity index (χ4v) is 3.31. The van der Waals surface area contributed by atoms with E-state index in [2.05, 4.69) is 11.9 Å². The number of hydrogen-bond donors (Lipinski definition) is 1. The number of rotatable bonds is 1. The molecule has 2 atom stereocenters. The van der Waals surface area contributed by atoms with Crippen molar-refractivity contribution in [2.45, 2.75) is 37.5 Å². The van der Waals surface area contributed by atoms with Crippen LogP contribution in [-0.4, -0.2) is 42.4 Å². The summed E-state index contributed by atoms with van der Waals surface area (Å²) in [4.78, 5) is 2.30. The van der Waals surface area contributed by atoms with Crippen molar-refractivity contribution in [3.8, 4) is 0 Å². The summed E-state index contributed by atoms with van der Waals surface area (Å²) in [5, 5.41) is 11.0. The number of aryl methyl sites for hydroxylation is 1. The molecule has 2 bridgehead atoms. The van der Waals surface area contributed by atoms with Crippen LogP contribution in [0.1, 0.15) is 24.0 Å². The highest BCUT2D eigenvalue weighted by atomic mass is 19.1. The largest absolute Gasteiger partial charge is 0.385 e. The molecule has 104 valence electrons. The molecular weight excluding hydrogens is 245 g/mol. The lowest BCUT2D eigenvalue weighted by molar-refractivity contribution is -0.137. The number of ether oxygens (including phenoxy) is 1. The van der Waals surface area contributed by atoms with Gasteiger partial charge in [-0.2, -0.15) is 0 Å². The molecule has 0 aromatic heterocycles. The van der Waals surface area contributed by atoms with Gasteiger partial charge in [0.1, 0.15) is 5.82 Å². The molecule has 19 heavy (non-hydrogen) atoms. The summed E-state index contributed by atoms with van der Waals surface area (Å²) in [7, 11) is 2.09. The van der Waals surface area contributed by atoms with Crippen molar-refractivity contribution in [1.82, 2.24) is 4.90 Å². The van der Waals surface area contributed by atoms with E-state index in [1.165, 1.54) is 6.07 Å². The summed E-state index contributed by atoms with van der Waals surface area (Å²) in [5.74, 6) is -0.219. The summed E-state index contributed by atoms with van der Waals surface area (Å²) >= 11 is 0. The van der Waals surface area contributed by atoms with Crippen molar-refractivity contribution in [3.63, 3.8) is 0 Å². The molecule has 4 heteroatoms. The number of fused-ring (bicyclic) bond motifs is 2. The number of morpholine rings is 1. The Bertz CT molecular complexity index is 477. The molecule has 2 aliphatic rings. The predicted octanol–water partition coefficient (Wildman–Crippen LogP) is 1.81. The van der Waals surface area contributed by atoms with E-state index in [4.69, 9.17) is 4.74 Å². The molecule has 3 rings (SSSR count).